The molecule has 7 nitrogen and oxygen atoms in total. The summed E-state index contributed by atoms with van der Waals surface area (Å²) in [6, 6.07) is 4.05. The monoisotopic (exact) mass is 271 g/mol. The van der Waals surface area contributed by atoms with E-state index in [1.165, 1.54) is 25.1 Å². The van der Waals surface area contributed by atoms with Crippen LogP contribution in [0.4, 0.5) is 5.69 Å². The minimum atomic E-state index is -0.867. The van der Waals surface area contributed by atoms with E-state index in [2.05, 4.69) is 0 Å². The first-order valence-electron chi connectivity index (χ1n) is 5.84. The van der Waals surface area contributed by atoms with Crippen molar-refractivity contribution in [2.75, 3.05) is 26.4 Å². The molecular weight excluding hydrogens is 254 g/mol. The number of hydrogen-bond acceptors (Lipinski definition) is 6. The van der Waals surface area contributed by atoms with Gasteiger partial charge in [0, 0.05) is 17.7 Å². The van der Waals surface area contributed by atoms with Gasteiger partial charge in [-0.15, -0.1) is 0 Å². The second-order valence-corrected chi connectivity index (χ2v) is 3.84. The van der Waals surface area contributed by atoms with Crippen LogP contribution in [0.15, 0.2) is 18.2 Å². The first-order valence-corrected chi connectivity index (χ1v) is 5.84. The van der Waals surface area contributed by atoms with E-state index in [0.717, 1.165) is 0 Å². The maximum atomic E-state index is 10.7. The van der Waals surface area contributed by atoms with Crippen LogP contribution in [-0.4, -0.2) is 41.6 Å². The van der Waals surface area contributed by atoms with Crippen molar-refractivity contribution in [3.8, 4) is 5.75 Å². The third-order valence-electron chi connectivity index (χ3n) is 2.38. The number of nitro groups is 1. The molecule has 2 N–H and O–H groups in total. The predicted molar refractivity (Wildman–Crippen MR) is 67.1 cm³/mol. The Morgan fingerprint density at radius 3 is 2.68 bits per heavy atom. The van der Waals surface area contributed by atoms with Gasteiger partial charge in [0.05, 0.1) is 30.8 Å². The number of benzene rings is 1. The topological polar surface area (TPSA) is 102 Å². The van der Waals surface area contributed by atoms with Gasteiger partial charge in [-0.25, -0.2) is 0 Å². The lowest BCUT2D eigenvalue weighted by atomic mass is 10.1. The van der Waals surface area contributed by atoms with Gasteiger partial charge < -0.3 is 19.7 Å². The van der Waals surface area contributed by atoms with E-state index in [-0.39, 0.29) is 32.1 Å². The summed E-state index contributed by atoms with van der Waals surface area (Å²) in [5, 5.41) is 28.8. The average Bonchev–Trinajstić information content (AvgIpc) is 2.38. The molecule has 0 amide bonds. The molecule has 0 spiro atoms. The lowest BCUT2D eigenvalue weighted by molar-refractivity contribution is -0.385. The fourth-order valence-corrected chi connectivity index (χ4v) is 1.48. The number of non-ortho nitro benzene ring substituents is 1. The van der Waals surface area contributed by atoms with Gasteiger partial charge in [0.1, 0.15) is 12.4 Å². The summed E-state index contributed by atoms with van der Waals surface area (Å²) in [5.74, 6) is 0.383. The molecule has 0 bridgehead atoms. The number of nitrogens with zero attached hydrogens (tertiary/aromatic N) is 1. The lowest BCUT2D eigenvalue weighted by Gasteiger charge is -2.13. The van der Waals surface area contributed by atoms with Crippen LogP contribution in [0.1, 0.15) is 18.6 Å². The lowest BCUT2D eigenvalue weighted by Crippen LogP contribution is -2.10. The van der Waals surface area contributed by atoms with E-state index in [0.29, 0.717) is 11.3 Å². The van der Waals surface area contributed by atoms with Crippen molar-refractivity contribution in [2.24, 2.45) is 0 Å². The molecular formula is C12H17NO6. The minimum absolute atomic E-state index is 0.0591. The zero-order valence-electron chi connectivity index (χ0n) is 10.6. The maximum absolute atomic E-state index is 10.7. The Balaban J connectivity index is 2.69. The maximum Gasteiger partial charge on any atom is 0.270 e. The van der Waals surface area contributed by atoms with E-state index in [9.17, 15) is 15.2 Å². The van der Waals surface area contributed by atoms with Gasteiger partial charge >= 0.3 is 0 Å². The molecule has 0 aliphatic carbocycles. The van der Waals surface area contributed by atoms with Crippen LogP contribution in [0.3, 0.4) is 0 Å². The van der Waals surface area contributed by atoms with Crippen molar-refractivity contribution < 1.29 is 24.6 Å². The quantitative estimate of drug-likeness (QED) is 0.416. The van der Waals surface area contributed by atoms with Crippen molar-refractivity contribution in [3.63, 3.8) is 0 Å². The highest BCUT2D eigenvalue weighted by Gasteiger charge is 2.15. The number of nitro benzene ring substituents is 1. The van der Waals surface area contributed by atoms with Crippen molar-refractivity contribution in [1.29, 1.82) is 0 Å². The number of ether oxygens (including phenoxy) is 2. The van der Waals surface area contributed by atoms with Crippen LogP contribution < -0.4 is 4.74 Å². The smallest absolute Gasteiger partial charge is 0.270 e. The summed E-state index contributed by atoms with van der Waals surface area (Å²) in [4.78, 5) is 10.1. The SMILES string of the molecule is C[C@@H](O)c1cc([N+](=O)[O-])ccc1OCCOCCO. The number of aliphatic hydroxyl groups is 2. The highest BCUT2D eigenvalue weighted by atomic mass is 16.6. The molecule has 7 heteroatoms. The van der Waals surface area contributed by atoms with Gasteiger partial charge in [-0.1, -0.05) is 0 Å². The van der Waals surface area contributed by atoms with Crippen LogP contribution in [0.2, 0.25) is 0 Å². The molecule has 0 radical (unpaired) electrons. The molecule has 0 unspecified atom stereocenters. The molecule has 19 heavy (non-hydrogen) atoms. The molecule has 0 fully saturated rings. The Morgan fingerprint density at radius 2 is 2.11 bits per heavy atom. The highest BCUT2D eigenvalue weighted by molar-refractivity contribution is 5.44. The van der Waals surface area contributed by atoms with Crippen LogP contribution in [0.25, 0.3) is 0 Å². The third kappa shape index (κ3) is 4.82. The van der Waals surface area contributed by atoms with Gasteiger partial charge in [-0.3, -0.25) is 10.1 Å². The molecule has 0 aliphatic rings. The summed E-state index contributed by atoms with van der Waals surface area (Å²) >= 11 is 0. The molecule has 1 rings (SSSR count). The van der Waals surface area contributed by atoms with Gasteiger partial charge in [0.15, 0.2) is 0 Å². The Kier molecular flexibility index (Phi) is 6.20. The molecule has 0 aromatic heterocycles. The average molecular weight is 271 g/mol. The van der Waals surface area contributed by atoms with Gasteiger partial charge in [0.2, 0.25) is 0 Å². The number of rotatable bonds is 8. The molecule has 0 aliphatic heterocycles. The standard InChI is InChI=1S/C12H17NO6/c1-9(15)11-8-10(13(16)17)2-3-12(11)19-7-6-18-5-4-14/h2-3,8-9,14-15H,4-7H2,1H3/t9-/m1/s1. The van der Waals surface area contributed by atoms with E-state index in [4.69, 9.17) is 14.6 Å². The molecule has 106 valence electrons. The minimum Gasteiger partial charge on any atom is -0.491 e. The summed E-state index contributed by atoms with van der Waals surface area (Å²) < 4.78 is 10.4. The fourth-order valence-electron chi connectivity index (χ4n) is 1.48. The van der Waals surface area contributed by atoms with Crippen LogP contribution in [0, 0.1) is 10.1 Å². The molecule has 0 heterocycles. The van der Waals surface area contributed by atoms with E-state index in [1.807, 2.05) is 0 Å². The van der Waals surface area contributed by atoms with Crippen LogP contribution in [-0.2, 0) is 4.74 Å². The third-order valence-corrected chi connectivity index (χ3v) is 2.38. The van der Waals surface area contributed by atoms with E-state index < -0.39 is 11.0 Å². The summed E-state index contributed by atoms with van der Waals surface area (Å²) in [6.45, 7) is 2.20. The zero-order valence-corrected chi connectivity index (χ0v) is 10.6. The van der Waals surface area contributed by atoms with Crippen molar-refractivity contribution >= 4 is 5.69 Å². The summed E-state index contributed by atoms with van der Waals surface area (Å²) in [5.41, 5.74) is 0.260. The Hall–Kier alpha value is -1.70. The largest absolute Gasteiger partial charge is 0.491 e. The molecule has 0 saturated carbocycles. The summed E-state index contributed by atoms with van der Waals surface area (Å²) in [7, 11) is 0. The Bertz CT molecular complexity index is 421. The van der Waals surface area contributed by atoms with Gasteiger partial charge in [-0.05, 0) is 13.0 Å². The highest BCUT2D eigenvalue weighted by Crippen LogP contribution is 2.29. The molecule has 1 aromatic carbocycles. The van der Waals surface area contributed by atoms with Crippen LogP contribution >= 0.6 is 0 Å². The van der Waals surface area contributed by atoms with Crippen molar-refractivity contribution in [3.05, 3.63) is 33.9 Å². The van der Waals surface area contributed by atoms with Gasteiger partial charge in [-0.2, -0.15) is 0 Å². The van der Waals surface area contributed by atoms with Gasteiger partial charge in [0.25, 0.3) is 5.69 Å². The van der Waals surface area contributed by atoms with Crippen LogP contribution in [0.5, 0.6) is 5.75 Å². The second-order valence-electron chi connectivity index (χ2n) is 3.84. The molecule has 1 atom stereocenters. The first kappa shape index (κ1) is 15.4. The number of aliphatic hydroxyl groups excluding tert-OH is 2. The van der Waals surface area contributed by atoms with E-state index >= 15 is 0 Å². The Labute approximate surface area is 110 Å². The van der Waals surface area contributed by atoms with Crippen molar-refractivity contribution in [1.82, 2.24) is 0 Å². The molecule has 1 aromatic rings. The summed E-state index contributed by atoms with van der Waals surface area (Å²) in [6.07, 6.45) is -0.867. The normalized spacial score (nSPS) is 12.2. The Morgan fingerprint density at radius 1 is 1.37 bits per heavy atom. The van der Waals surface area contributed by atoms with E-state index in [1.54, 1.807) is 0 Å². The first-order chi connectivity index (χ1) is 9.06. The zero-order chi connectivity index (χ0) is 14.3. The number of hydrogen-bond donors (Lipinski definition) is 2. The second kappa shape index (κ2) is 7.67. The fraction of sp³-hybridized carbons (Fsp3) is 0.500. The predicted octanol–water partition coefficient (Wildman–Crippen LogP) is 1.04. The molecule has 0 saturated heterocycles. The van der Waals surface area contributed by atoms with Crippen molar-refractivity contribution in [2.45, 2.75) is 13.0 Å².